The number of aliphatic hydroxyl groups is 1. The molecule has 2 heteroatoms. The lowest BCUT2D eigenvalue weighted by Gasteiger charge is -2.21. The second-order valence-electron chi connectivity index (χ2n) is 4.82. The van der Waals surface area contributed by atoms with Crippen LogP contribution >= 0.6 is 0 Å². The molecule has 1 aromatic carbocycles. The molecule has 2 atom stereocenters. The molecule has 1 aromatic rings. The van der Waals surface area contributed by atoms with Crippen molar-refractivity contribution in [2.24, 2.45) is 0 Å². The molecule has 0 spiro atoms. The highest BCUT2D eigenvalue weighted by molar-refractivity contribution is 5.27. The largest absolute Gasteiger partial charge is 0.392 e. The monoisotopic (exact) mass is 222 g/mol. The van der Waals surface area contributed by atoms with Crippen LogP contribution in [0.25, 0.3) is 0 Å². The standard InChI is InChI=1S/C14H19FO/c1-10-9-11(7-8-13(10)15)12-5-3-2-4-6-14(12)16/h7-9,12,14,16H,2-6H2,1H3. The van der Waals surface area contributed by atoms with Crippen LogP contribution < -0.4 is 0 Å². The maximum Gasteiger partial charge on any atom is 0.126 e. The number of hydrogen-bond donors (Lipinski definition) is 1. The highest BCUT2D eigenvalue weighted by Crippen LogP contribution is 2.32. The average Bonchev–Trinajstić information content (AvgIpc) is 2.47. The van der Waals surface area contributed by atoms with Crippen molar-refractivity contribution in [2.45, 2.75) is 51.0 Å². The molecule has 1 aliphatic carbocycles. The Bertz CT molecular complexity index is 362. The number of halogens is 1. The number of hydrogen-bond acceptors (Lipinski definition) is 1. The first kappa shape index (κ1) is 11.6. The first-order valence-corrected chi connectivity index (χ1v) is 6.12. The van der Waals surface area contributed by atoms with Crippen molar-refractivity contribution in [1.82, 2.24) is 0 Å². The van der Waals surface area contributed by atoms with Gasteiger partial charge in [0, 0.05) is 5.92 Å². The Morgan fingerprint density at radius 2 is 1.94 bits per heavy atom. The number of aliphatic hydroxyl groups excluding tert-OH is 1. The molecule has 1 aliphatic rings. The van der Waals surface area contributed by atoms with Gasteiger partial charge < -0.3 is 5.11 Å². The van der Waals surface area contributed by atoms with E-state index in [2.05, 4.69) is 0 Å². The fraction of sp³-hybridized carbons (Fsp3) is 0.571. The summed E-state index contributed by atoms with van der Waals surface area (Å²) < 4.78 is 13.2. The molecule has 16 heavy (non-hydrogen) atoms. The van der Waals surface area contributed by atoms with Gasteiger partial charge >= 0.3 is 0 Å². The van der Waals surface area contributed by atoms with Crippen molar-refractivity contribution in [3.63, 3.8) is 0 Å². The minimum atomic E-state index is -0.257. The van der Waals surface area contributed by atoms with Crippen molar-refractivity contribution in [2.75, 3.05) is 0 Å². The van der Waals surface area contributed by atoms with Crippen LogP contribution in [-0.4, -0.2) is 11.2 Å². The molecule has 0 saturated heterocycles. The molecule has 0 aliphatic heterocycles. The van der Waals surface area contributed by atoms with Gasteiger partial charge in [0.25, 0.3) is 0 Å². The third-order valence-corrected chi connectivity index (χ3v) is 3.59. The summed E-state index contributed by atoms with van der Waals surface area (Å²) in [6.45, 7) is 1.78. The van der Waals surface area contributed by atoms with Crippen molar-refractivity contribution in [3.8, 4) is 0 Å². The Hall–Kier alpha value is -0.890. The first-order chi connectivity index (χ1) is 7.68. The van der Waals surface area contributed by atoms with Gasteiger partial charge in [0.05, 0.1) is 6.10 Å². The van der Waals surface area contributed by atoms with E-state index in [-0.39, 0.29) is 17.8 Å². The van der Waals surface area contributed by atoms with E-state index in [9.17, 15) is 9.50 Å². The third-order valence-electron chi connectivity index (χ3n) is 3.59. The molecule has 2 rings (SSSR count). The molecule has 1 fully saturated rings. The van der Waals surface area contributed by atoms with E-state index in [1.165, 1.54) is 12.5 Å². The van der Waals surface area contributed by atoms with Gasteiger partial charge in [-0.1, -0.05) is 31.4 Å². The predicted molar refractivity (Wildman–Crippen MR) is 63.0 cm³/mol. The zero-order valence-electron chi connectivity index (χ0n) is 9.75. The highest BCUT2D eigenvalue weighted by Gasteiger charge is 2.23. The number of benzene rings is 1. The van der Waals surface area contributed by atoms with Gasteiger partial charge in [0.15, 0.2) is 0 Å². The molecular weight excluding hydrogens is 203 g/mol. The molecule has 0 amide bonds. The minimum absolute atomic E-state index is 0.160. The lowest BCUT2D eigenvalue weighted by Crippen LogP contribution is -2.17. The van der Waals surface area contributed by atoms with Crippen molar-refractivity contribution >= 4 is 0 Å². The van der Waals surface area contributed by atoms with Crippen molar-refractivity contribution < 1.29 is 9.50 Å². The molecule has 2 unspecified atom stereocenters. The van der Waals surface area contributed by atoms with Crippen LogP contribution in [-0.2, 0) is 0 Å². The van der Waals surface area contributed by atoms with Crippen LogP contribution in [0.1, 0.15) is 49.1 Å². The summed E-state index contributed by atoms with van der Waals surface area (Å²) >= 11 is 0. The first-order valence-electron chi connectivity index (χ1n) is 6.12. The fourth-order valence-corrected chi connectivity index (χ4v) is 2.58. The lowest BCUT2D eigenvalue weighted by atomic mass is 9.88. The van der Waals surface area contributed by atoms with Crippen LogP contribution in [0.5, 0.6) is 0 Å². The average molecular weight is 222 g/mol. The molecule has 1 N–H and O–H groups in total. The minimum Gasteiger partial charge on any atom is -0.392 e. The molecule has 1 saturated carbocycles. The van der Waals surface area contributed by atoms with Crippen LogP contribution in [0.15, 0.2) is 18.2 Å². The summed E-state index contributed by atoms with van der Waals surface area (Å²) in [6, 6.07) is 5.22. The molecule has 0 radical (unpaired) electrons. The summed E-state index contributed by atoms with van der Waals surface area (Å²) in [5.41, 5.74) is 1.77. The van der Waals surface area contributed by atoms with Gasteiger partial charge in [-0.2, -0.15) is 0 Å². The smallest absolute Gasteiger partial charge is 0.126 e. The van der Waals surface area contributed by atoms with Gasteiger partial charge in [-0.15, -0.1) is 0 Å². The third kappa shape index (κ3) is 2.43. The fourth-order valence-electron chi connectivity index (χ4n) is 2.58. The van der Waals surface area contributed by atoms with Gasteiger partial charge in [-0.3, -0.25) is 0 Å². The van der Waals surface area contributed by atoms with E-state index in [0.717, 1.165) is 31.2 Å². The number of aryl methyl sites for hydroxylation is 1. The van der Waals surface area contributed by atoms with E-state index in [1.54, 1.807) is 6.92 Å². The molecule has 0 heterocycles. The van der Waals surface area contributed by atoms with Crippen LogP contribution in [0.3, 0.4) is 0 Å². The molecule has 0 bridgehead atoms. The molecule has 1 nitrogen and oxygen atoms in total. The van der Waals surface area contributed by atoms with E-state index >= 15 is 0 Å². The molecule has 0 aromatic heterocycles. The Morgan fingerprint density at radius 3 is 2.69 bits per heavy atom. The topological polar surface area (TPSA) is 20.2 Å². The summed E-state index contributed by atoms with van der Waals surface area (Å²) in [5, 5.41) is 10.1. The summed E-state index contributed by atoms with van der Waals surface area (Å²) in [7, 11) is 0. The second kappa shape index (κ2) is 4.96. The Kier molecular flexibility index (Phi) is 3.59. The normalized spacial score (nSPS) is 26.4. The zero-order valence-corrected chi connectivity index (χ0v) is 9.75. The Balaban J connectivity index is 2.23. The maximum absolute atomic E-state index is 13.2. The molecule has 88 valence electrons. The van der Waals surface area contributed by atoms with Crippen molar-refractivity contribution in [3.05, 3.63) is 35.1 Å². The van der Waals surface area contributed by atoms with E-state index in [1.807, 2.05) is 12.1 Å². The quantitative estimate of drug-likeness (QED) is 0.720. The SMILES string of the molecule is Cc1cc(C2CCCCCC2O)ccc1F. The zero-order chi connectivity index (χ0) is 11.5. The second-order valence-corrected chi connectivity index (χ2v) is 4.82. The van der Waals surface area contributed by atoms with Gasteiger partial charge in [-0.05, 0) is 37.0 Å². The highest BCUT2D eigenvalue weighted by atomic mass is 19.1. The van der Waals surface area contributed by atoms with Crippen LogP contribution in [0.2, 0.25) is 0 Å². The molecular formula is C14H19FO. The Morgan fingerprint density at radius 1 is 1.19 bits per heavy atom. The van der Waals surface area contributed by atoms with E-state index in [4.69, 9.17) is 0 Å². The van der Waals surface area contributed by atoms with Crippen LogP contribution in [0.4, 0.5) is 4.39 Å². The maximum atomic E-state index is 13.2. The van der Waals surface area contributed by atoms with Gasteiger partial charge in [-0.25, -0.2) is 4.39 Å². The van der Waals surface area contributed by atoms with Crippen LogP contribution in [0, 0.1) is 12.7 Å². The lowest BCUT2D eigenvalue weighted by molar-refractivity contribution is 0.135. The summed E-state index contributed by atoms with van der Waals surface area (Å²) in [6.07, 6.45) is 5.12. The number of rotatable bonds is 1. The predicted octanol–water partition coefficient (Wildman–Crippen LogP) is 3.54. The summed E-state index contributed by atoms with van der Waals surface area (Å²) in [4.78, 5) is 0. The van der Waals surface area contributed by atoms with E-state index < -0.39 is 0 Å². The summed E-state index contributed by atoms with van der Waals surface area (Å²) in [5.74, 6) is 0.0358. The Labute approximate surface area is 96.3 Å². The van der Waals surface area contributed by atoms with Gasteiger partial charge in [0.1, 0.15) is 5.82 Å². The van der Waals surface area contributed by atoms with Crippen molar-refractivity contribution in [1.29, 1.82) is 0 Å². The van der Waals surface area contributed by atoms with E-state index in [0.29, 0.717) is 5.56 Å². The van der Waals surface area contributed by atoms with Gasteiger partial charge in [0.2, 0.25) is 0 Å².